The van der Waals surface area contributed by atoms with Gasteiger partial charge in [-0.3, -0.25) is 4.98 Å². The third-order valence-electron chi connectivity index (χ3n) is 3.90. The van der Waals surface area contributed by atoms with Gasteiger partial charge >= 0.3 is 0 Å². The van der Waals surface area contributed by atoms with Gasteiger partial charge in [-0.05, 0) is 48.9 Å². The van der Waals surface area contributed by atoms with Crippen LogP contribution in [0.1, 0.15) is 5.69 Å². The Labute approximate surface area is 145 Å². The Morgan fingerprint density at radius 3 is 2.84 bits per heavy atom. The van der Waals surface area contributed by atoms with E-state index in [1.807, 2.05) is 61.7 Å². The van der Waals surface area contributed by atoms with Crippen molar-refractivity contribution < 1.29 is 4.74 Å². The monoisotopic (exact) mass is 331 g/mol. The Bertz CT molecular complexity index is 1040. The normalized spacial score (nSPS) is 10.8. The number of pyridine rings is 2. The van der Waals surface area contributed by atoms with Crippen LogP contribution in [0.4, 0.5) is 11.6 Å². The Morgan fingerprint density at radius 2 is 2.00 bits per heavy atom. The first-order valence-electron chi connectivity index (χ1n) is 7.92. The lowest BCUT2D eigenvalue weighted by molar-refractivity contribution is 0.415. The van der Waals surface area contributed by atoms with Gasteiger partial charge in [0.1, 0.15) is 5.75 Å². The zero-order valence-corrected chi connectivity index (χ0v) is 14.0. The molecule has 0 amide bonds. The number of methoxy groups -OCH3 is 1. The Morgan fingerprint density at radius 1 is 1.08 bits per heavy atom. The molecule has 3 aromatic heterocycles. The standard InChI is InChI=1S/C19H17N5O/c1-13-11-15(8-9-20-13)21-19-22-18-17(7-4-10-24(18)23-19)14-5-3-6-16(12-14)25-2/h3-12H,1-2H3,(H,20,21,23). The highest BCUT2D eigenvalue weighted by Gasteiger charge is 2.10. The minimum absolute atomic E-state index is 0.543. The van der Waals surface area contributed by atoms with E-state index in [0.29, 0.717) is 5.95 Å². The average molecular weight is 331 g/mol. The van der Waals surface area contributed by atoms with Crippen LogP contribution in [-0.2, 0) is 0 Å². The molecule has 0 unspecified atom stereocenters. The Hall–Kier alpha value is -3.41. The molecule has 0 aliphatic carbocycles. The number of aromatic nitrogens is 4. The summed E-state index contributed by atoms with van der Waals surface area (Å²) in [4.78, 5) is 8.85. The van der Waals surface area contributed by atoms with Crippen LogP contribution in [0.3, 0.4) is 0 Å². The summed E-state index contributed by atoms with van der Waals surface area (Å²) in [5, 5.41) is 7.74. The SMILES string of the molecule is COc1cccc(-c2cccn3nc(Nc4ccnc(C)c4)nc23)c1. The molecule has 6 nitrogen and oxygen atoms in total. The van der Waals surface area contributed by atoms with E-state index in [1.165, 1.54) is 0 Å². The number of anilines is 2. The van der Waals surface area contributed by atoms with Crippen molar-refractivity contribution in [3.8, 4) is 16.9 Å². The van der Waals surface area contributed by atoms with E-state index >= 15 is 0 Å². The van der Waals surface area contributed by atoms with Crippen LogP contribution < -0.4 is 10.1 Å². The predicted octanol–water partition coefficient (Wildman–Crippen LogP) is 3.85. The number of nitrogens with zero attached hydrogens (tertiary/aromatic N) is 4. The van der Waals surface area contributed by atoms with Crippen LogP contribution in [0.2, 0.25) is 0 Å². The summed E-state index contributed by atoms with van der Waals surface area (Å²) in [5.74, 6) is 1.35. The Balaban J connectivity index is 1.76. The van der Waals surface area contributed by atoms with Gasteiger partial charge in [0.15, 0.2) is 5.65 Å². The molecule has 0 atom stereocenters. The minimum atomic E-state index is 0.543. The van der Waals surface area contributed by atoms with Crippen molar-refractivity contribution in [3.05, 3.63) is 66.6 Å². The van der Waals surface area contributed by atoms with Gasteiger partial charge in [-0.15, -0.1) is 5.10 Å². The average Bonchev–Trinajstić information content (AvgIpc) is 3.04. The lowest BCUT2D eigenvalue weighted by atomic mass is 10.1. The summed E-state index contributed by atoms with van der Waals surface area (Å²) in [6.07, 6.45) is 3.64. The van der Waals surface area contributed by atoms with E-state index in [-0.39, 0.29) is 0 Å². The zero-order chi connectivity index (χ0) is 17.2. The number of ether oxygens (including phenoxy) is 1. The number of aryl methyl sites for hydroxylation is 1. The van der Waals surface area contributed by atoms with Gasteiger partial charge in [0.25, 0.3) is 0 Å². The summed E-state index contributed by atoms with van der Waals surface area (Å²) >= 11 is 0. The smallest absolute Gasteiger partial charge is 0.247 e. The molecule has 0 fully saturated rings. The summed E-state index contributed by atoms with van der Waals surface area (Å²) in [5.41, 5.74) is 4.65. The van der Waals surface area contributed by atoms with Gasteiger partial charge in [-0.2, -0.15) is 4.98 Å². The lowest BCUT2D eigenvalue weighted by Crippen LogP contribution is -1.94. The third-order valence-corrected chi connectivity index (χ3v) is 3.90. The number of hydrogen-bond acceptors (Lipinski definition) is 5. The van der Waals surface area contributed by atoms with Gasteiger partial charge < -0.3 is 10.1 Å². The summed E-state index contributed by atoms with van der Waals surface area (Å²) in [6, 6.07) is 15.7. The van der Waals surface area contributed by atoms with Crippen molar-refractivity contribution in [1.82, 2.24) is 19.6 Å². The molecule has 0 spiro atoms. The molecule has 0 saturated heterocycles. The van der Waals surface area contributed by atoms with E-state index in [9.17, 15) is 0 Å². The molecule has 3 heterocycles. The highest BCUT2D eigenvalue weighted by atomic mass is 16.5. The largest absolute Gasteiger partial charge is 0.497 e. The van der Waals surface area contributed by atoms with Crippen molar-refractivity contribution in [1.29, 1.82) is 0 Å². The molecule has 0 aliphatic rings. The Kier molecular flexibility index (Phi) is 3.78. The molecule has 0 saturated carbocycles. The van der Waals surface area contributed by atoms with Crippen LogP contribution in [0.5, 0.6) is 5.75 Å². The summed E-state index contributed by atoms with van der Waals surface area (Å²) in [6.45, 7) is 1.95. The number of fused-ring (bicyclic) bond motifs is 1. The fourth-order valence-electron chi connectivity index (χ4n) is 2.73. The molecule has 25 heavy (non-hydrogen) atoms. The number of rotatable bonds is 4. The second kappa shape index (κ2) is 6.24. The highest BCUT2D eigenvalue weighted by Crippen LogP contribution is 2.27. The molecule has 0 bridgehead atoms. The maximum absolute atomic E-state index is 5.32. The molecule has 1 N–H and O–H groups in total. The molecule has 4 rings (SSSR count). The second-order valence-electron chi connectivity index (χ2n) is 5.67. The predicted molar refractivity (Wildman–Crippen MR) is 97.2 cm³/mol. The van der Waals surface area contributed by atoms with E-state index in [1.54, 1.807) is 17.8 Å². The maximum Gasteiger partial charge on any atom is 0.247 e. The topological polar surface area (TPSA) is 64.3 Å². The number of benzene rings is 1. The van der Waals surface area contributed by atoms with Crippen LogP contribution in [0.15, 0.2) is 60.9 Å². The molecular formula is C19H17N5O. The summed E-state index contributed by atoms with van der Waals surface area (Å²) in [7, 11) is 1.66. The van der Waals surface area contributed by atoms with E-state index in [2.05, 4.69) is 20.4 Å². The molecule has 1 aromatic carbocycles. The van der Waals surface area contributed by atoms with Crippen molar-refractivity contribution >= 4 is 17.3 Å². The maximum atomic E-state index is 5.32. The van der Waals surface area contributed by atoms with Crippen molar-refractivity contribution in [2.45, 2.75) is 6.92 Å². The molecule has 0 aliphatic heterocycles. The van der Waals surface area contributed by atoms with Gasteiger partial charge in [0.05, 0.1) is 7.11 Å². The fourth-order valence-corrected chi connectivity index (χ4v) is 2.73. The minimum Gasteiger partial charge on any atom is -0.497 e. The second-order valence-corrected chi connectivity index (χ2v) is 5.67. The van der Waals surface area contributed by atoms with Crippen LogP contribution >= 0.6 is 0 Å². The quantitative estimate of drug-likeness (QED) is 0.615. The lowest BCUT2D eigenvalue weighted by Gasteiger charge is -2.05. The first-order valence-corrected chi connectivity index (χ1v) is 7.92. The molecule has 4 aromatic rings. The van der Waals surface area contributed by atoms with Gasteiger partial charge in [0, 0.05) is 29.3 Å². The van der Waals surface area contributed by atoms with E-state index < -0.39 is 0 Å². The highest BCUT2D eigenvalue weighted by molar-refractivity contribution is 5.78. The van der Waals surface area contributed by atoms with E-state index in [4.69, 9.17) is 4.74 Å². The van der Waals surface area contributed by atoms with E-state index in [0.717, 1.165) is 33.9 Å². The van der Waals surface area contributed by atoms with Crippen molar-refractivity contribution in [3.63, 3.8) is 0 Å². The summed E-state index contributed by atoms with van der Waals surface area (Å²) < 4.78 is 7.09. The molecule has 0 radical (unpaired) electrons. The van der Waals surface area contributed by atoms with Crippen molar-refractivity contribution in [2.75, 3.05) is 12.4 Å². The zero-order valence-electron chi connectivity index (χ0n) is 14.0. The van der Waals surface area contributed by atoms with Gasteiger partial charge in [-0.25, -0.2) is 4.52 Å². The number of nitrogens with one attached hydrogen (secondary N) is 1. The molecule has 6 heteroatoms. The first-order chi connectivity index (χ1) is 12.2. The molecular weight excluding hydrogens is 314 g/mol. The van der Waals surface area contributed by atoms with Gasteiger partial charge in [0.2, 0.25) is 5.95 Å². The number of hydrogen-bond donors (Lipinski definition) is 1. The fraction of sp³-hybridized carbons (Fsp3) is 0.105. The van der Waals surface area contributed by atoms with Gasteiger partial charge in [-0.1, -0.05) is 12.1 Å². The third kappa shape index (κ3) is 3.01. The van der Waals surface area contributed by atoms with Crippen LogP contribution in [0, 0.1) is 6.92 Å². The molecule has 124 valence electrons. The van der Waals surface area contributed by atoms with Crippen molar-refractivity contribution in [2.24, 2.45) is 0 Å². The first kappa shape index (κ1) is 15.1. The van der Waals surface area contributed by atoms with Crippen LogP contribution in [-0.4, -0.2) is 26.7 Å². The van der Waals surface area contributed by atoms with Crippen LogP contribution in [0.25, 0.3) is 16.8 Å².